The topological polar surface area (TPSA) is 39.9 Å². The average Bonchev–Trinajstić information content (AvgIpc) is 2.68. The van der Waals surface area contributed by atoms with E-state index in [4.69, 9.17) is 5.26 Å². The fourth-order valence-electron chi connectivity index (χ4n) is 1.42. The number of thiazole rings is 1. The van der Waals surface area contributed by atoms with Gasteiger partial charge in [0.2, 0.25) is 0 Å². The SMILES string of the molecule is CCN(CC)CCc1ncc(CC#N)s1. The first-order chi connectivity index (χ1) is 7.30. The summed E-state index contributed by atoms with van der Waals surface area (Å²) in [4.78, 5) is 7.77. The Bertz CT molecular complexity index is 323. The van der Waals surface area contributed by atoms with Crippen LogP contribution in [0, 0.1) is 11.3 Å². The van der Waals surface area contributed by atoms with Crippen molar-refractivity contribution in [2.75, 3.05) is 19.6 Å². The summed E-state index contributed by atoms with van der Waals surface area (Å²) in [5.74, 6) is 0. The minimum atomic E-state index is 0.489. The molecular weight excluding hydrogens is 206 g/mol. The van der Waals surface area contributed by atoms with E-state index in [9.17, 15) is 0 Å². The molecule has 0 bridgehead atoms. The van der Waals surface area contributed by atoms with Crippen LogP contribution in [-0.2, 0) is 12.8 Å². The summed E-state index contributed by atoms with van der Waals surface area (Å²) in [7, 11) is 0. The molecule has 0 aromatic carbocycles. The van der Waals surface area contributed by atoms with Gasteiger partial charge in [0.25, 0.3) is 0 Å². The Morgan fingerprint density at radius 1 is 1.47 bits per heavy atom. The number of hydrogen-bond donors (Lipinski definition) is 0. The van der Waals surface area contributed by atoms with Crippen LogP contribution in [0.5, 0.6) is 0 Å². The molecule has 0 unspecified atom stereocenters. The molecule has 0 spiro atoms. The van der Waals surface area contributed by atoms with Crippen molar-refractivity contribution in [1.29, 1.82) is 5.26 Å². The fraction of sp³-hybridized carbons (Fsp3) is 0.636. The molecule has 0 aliphatic heterocycles. The second kappa shape index (κ2) is 6.54. The van der Waals surface area contributed by atoms with Crippen LogP contribution in [0.4, 0.5) is 0 Å². The molecule has 1 aromatic heterocycles. The molecular formula is C11H17N3S. The van der Waals surface area contributed by atoms with Crippen LogP contribution in [0.3, 0.4) is 0 Å². The van der Waals surface area contributed by atoms with E-state index in [0.717, 1.165) is 35.9 Å². The van der Waals surface area contributed by atoms with E-state index < -0.39 is 0 Å². The van der Waals surface area contributed by atoms with E-state index in [2.05, 4.69) is 29.8 Å². The molecule has 1 heterocycles. The summed E-state index contributed by atoms with van der Waals surface area (Å²) in [5, 5.41) is 9.69. The van der Waals surface area contributed by atoms with E-state index in [0.29, 0.717) is 6.42 Å². The minimum Gasteiger partial charge on any atom is -0.303 e. The van der Waals surface area contributed by atoms with Crippen LogP contribution >= 0.6 is 11.3 Å². The zero-order valence-electron chi connectivity index (χ0n) is 9.36. The molecule has 0 N–H and O–H groups in total. The van der Waals surface area contributed by atoms with E-state index in [-0.39, 0.29) is 0 Å². The summed E-state index contributed by atoms with van der Waals surface area (Å²) in [5.41, 5.74) is 0. The van der Waals surface area contributed by atoms with Gasteiger partial charge in [0.15, 0.2) is 0 Å². The number of nitrogens with zero attached hydrogens (tertiary/aromatic N) is 3. The van der Waals surface area contributed by atoms with Crippen LogP contribution in [0.2, 0.25) is 0 Å². The third-order valence-corrected chi connectivity index (χ3v) is 3.45. The summed E-state index contributed by atoms with van der Waals surface area (Å²) in [6.07, 6.45) is 3.31. The van der Waals surface area contributed by atoms with Crippen molar-refractivity contribution in [2.45, 2.75) is 26.7 Å². The van der Waals surface area contributed by atoms with Crippen LogP contribution < -0.4 is 0 Å². The van der Waals surface area contributed by atoms with Gasteiger partial charge >= 0.3 is 0 Å². The van der Waals surface area contributed by atoms with E-state index in [1.165, 1.54) is 0 Å². The third-order valence-electron chi connectivity index (χ3n) is 2.39. The van der Waals surface area contributed by atoms with Crippen molar-refractivity contribution < 1.29 is 0 Å². The van der Waals surface area contributed by atoms with Gasteiger partial charge in [-0.05, 0) is 13.1 Å². The normalized spacial score (nSPS) is 10.5. The highest BCUT2D eigenvalue weighted by molar-refractivity contribution is 7.11. The molecule has 0 aliphatic rings. The third kappa shape index (κ3) is 3.98. The zero-order valence-corrected chi connectivity index (χ0v) is 10.2. The van der Waals surface area contributed by atoms with Gasteiger partial charge in [-0.1, -0.05) is 13.8 Å². The standard InChI is InChI=1S/C11H17N3S/c1-3-14(4-2)8-6-11-13-9-10(15-11)5-7-12/h9H,3-6,8H2,1-2H3. The predicted octanol–water partition coefficient (Wildman–Crippen LogP) is 2.09. The molecule has 0 fully saturated rings. The van der Waals surface area contributed by atoms with Crippen molar-refractivity contribution >= 4 is 11.3 Å². The molecule has 4 heteroatoms. The lowest BCUT2D eigenvalue weighted by Crippen LogP contribution is -2.25. The van der Waals surface area contributed by atoms with Gasteiger partial charge in [-0.3, -0.25) is 0 Å². The summed E-state index contributed by atoms with van der Waals surface area (Å²) in [6, 6.07) is 2.14. The Morgan fingerprint density at radius 3 is 2.80 bits per heavy atom. The lowest BCUT2D eigenvalue weighted by molar-refractivity contribution is 0.308. The van der Waals surface area contributed by atoms with Crippen LogP contribution in [0.25, 0.3) is 0 Å². The number of hydrogen-bond acceptors (Lipinski definition) is 4. The smallest absolute Gasteiger partial charge is 0.0940 e. The highest BCUT2D eigenvalue weighted by atomic mass is 32.1. The summed E-state index contributed by atoms with van der Waals surface area (Å²) < 4.78 is 0. The van der Waals surface area contributed by atoms with Crippen molar-refractivity contribution in [1.82, 2.24) is 9.88 Å². The Balaban J connectivity index is 2.40. The van der Waals surface area contributed by atoms with Gasteiger partial charge in [0.05, 0.1) is 17.5 Å². The molecule has 0 radical (unpaired) electrons. The second-order valence-electron chi connectivity index (χ2n) is 3.33. The number of nitriles is 1. The Kier molecular flexibility index (Phi) is 5.30. The first kappa shape index (κ1) is 12.2. The first-order valence-corrected chi connectivity index (χ1v) is 6.14. The van der Waals surface area contributed by atoms with Gasteiger partial charge in [0, 0.05) is 24.0 Å². The van der Waals surface area contributed by atoms with Gasteiger partial charge in [-0.15, -0.1) is 11.3 Å². The number of aromatic nitrogens is 1. The van der Waals surface area contributed by atoms with E-state index >= 15 is 0 Å². The Morgan fingerprint density at radius 2 is 2.20 bits per heavy atom. The lowest BCUT2D eigenvalue weighted by Gasteiger charge is -2.16. The molecule has 0 aliphatic carbocycles. The molecule has 1 aromatic rings. The van der Waals surface area contributed by atoms with Crippen LogP contribution in [-0.4, -0.2) is 29.5 Å². The fourth-order valence-corrected chi connectivity index (χ4v) is 2.26. The molecule has 0 amide bonds. The maximum atomic E-state index is 8.54. The van der Waals surface area contributed by atoms with Gasteiger partial charge in [-0.2, -0.15) is 5.26 Å². The van der Waals surface area contributed by atoms with Crippen molar-refractivity contribution in [2.24, 2.45) is 0 Å². The molecule has 0 saturated heterocycles. The van der Waals surface area contributed by atoms with Crippen molar-refractivity contribution in [3.63, 3.8) is 0 Å². The number of rotatable bonds is 6. The largest absolute Gasteiger partial charge is 0.303 e. The van der Waals surface area contributed by atoms with Crippen molar-refractivity contribution in [3.05, 3.63) is 16.1 Å². The zero-order chi connectivity index (χ0) is 11.1. The maximum absolute atomic E-state index is 8.54. The second-order valence-corrected chi connectivity index (χ2v) is 4.53. The van der Waals surface area contributed by atoms with Gasteiger partial charge in [-0.25, -0.2) is 4.98 Å². The molecule has 82 valence electrons. The maximum Gasteiger partial charge on any atom is 0.0940 e. The van der Waals surface area contributed by atoms with Crippen molar-refractivity contribution in [3.8, 4) is 6.07 Å². The highest BCUT2D eigenvalue weighted by Crippen LogP contribution is 2.14. The first-order valence-electron chi connectivity index (χ1n) is 5.33. The average molecular weight is 223 g/mol. The summed E-state index contributed by atoms with van der Waals surface area (Å²) in [6.45, 7) is 7.59. The Hall–Kier alpha value is -0.920. The molecule has 0 saturated carbocycles. The molecule has 0 atom stereocenters. The highest BCUT2D eigenvalue weighted by Gasteiger charge is 2.04. The van der Waals surface area contributed by atoms with Gasteiger partial charge in [0.1, 0.15) is 0 Å². The predicted molar refractivity (Wildman–Crippen MR) is 62.9 cm³/mol. The Labute approximate surface area is 95.4 Å². The van der Waals surface area contributed by atoms with Crippen LogP contribution in [0.15, 0.2) is 6.20 Å². The quantitative estimate of drug-likeness (QED) is 0.741. The molecule has 3 nitrogen and oxygen atoms in total. The lowest BCUT2D eigenvalue weighted by atomic mass is 10.4. The molecule has 1 rings (SSSR count). The minimum absolute atomic E-state index is 0.489. The van der Waals surface area contributed by atoms with E-state index in [1.807, 2.05) is 6.20 Å². The molecule has 15 heavy (non-hydrogen) atoms. The monoisotopic (exact) mass is 223 g/mol. The number of likely N-dealkylation sites (N-methyl/N-ethyl adjacent to an activating group) is 1. The van der Waals surface area contributed by atoms with Gasteiger partial charge < -0.3 is 4.90 Å². The van der Waals surface area contributed by atoms with E-state index in [1.54, 1.807) is 11.3 Å². The summed E-state index contributed by atoms with van der Waals surface area (Å²) >= 11 is 1.66. The van der Waals surface area contributed by atoms with Crippen LogP contribution in [0.1, 0.15) is 23.7 Å².